The average Bonchev–Trinajstić information content (AvgIpc) is 3.11. The number of anilines is 1. The molecule has 2 heterocycles. The first-order valence-corrected chi connectivity index (χ1v) is 7.15. The number of fused-ring (bicyclic) bond motifs is 1. The minimum Gasteiger partial charge on any atom is -0.454 e. The maximum atomic E-state index is 12.9. The lowest BCUT2D eigenvalue weighted by Gasteiger charge is -2.07. The largest absolute Gasteiger partial charge is 0.454 e. The molecule has 1 aliphatic rings. The topological polar surface area (TPSA) is 109 Å². The number of nitrogens with zero attached hydrogens (tertiary/aromatic N) is 3. The fourth-order valence-corrected chi connectivity index (χ4v) is 2.41. The Morgan fingerprint density at radius 1 is 1.38 bits per heavy atom. The van der Waals surface area contributed by atoms with E-state index in [-0.39, 0.29) is 12.5 Å². The number of benzene rings is 1. The van der Waals surface area contributed by atoms with Crippen LogP contribution in [0.3, 0.4) is 0 Å². The highest BCUT2D eigenvalue weighted by Crippen LogP contribution is 2.37. The summed E-state index contributed by atoms with van der Waals surface area (Å²) in [6, 6.07) is 4.56. The molecule has 0 atom stereocenters. The molecular formula is C14H11F3N4O5. The van der Waals surface area contributed by atoms with Crippen LogP contribution in [-0.2, 0) is 17.5 Å². The van der Waals surface area contributed by atoms with Gasteiger partial charge in [0.05, 0.1) is 4.92 Å². The van der Waals surface area contributed by atoms with Crippen molar-refractivity contribution < 1.29 is 32.4 Å². The Kier molecular flexibility index (Phi) is 4.18. The maximum Gasteiger partial charge on any atom is 0.442 e. The monoisotopic (exact) mass is 372 g/mol. The van der Waals surface area contributed by atoms with Crippen LogP contribution in [0.25, 0.3) is 0 Å². The second kappa shape index (κ2) is 6.20. The molecule has 12 heteroatoms. The number of aromatic nitrogens is 2. The number of hydrogen-bond donors (Lipinski definition) is 1. The van der Waals surface area contributed by atoms with Gasteiger partial charge in [0, 0.05) is 11.8 Å². The molecule has 0 fully saturated rings. The summed E-state index contributed by atoms with van der Waals surface area (Å²) in [6.45, 7) is 0.508. The summed E-state index contributed by atoms with van der Waals surface area (Å²) in [7, 11) is 0. The molecule has 1 aliphatic heterocycles. The Morgan fingerprint density at radius 3 is 2.69 bits per heavy atom. The van der Waals surface area contributed by atoms with E-state index in [1.807, 2.05) is 0 Å². The van der Waals surface area contributed by atoms with Crippen LogP contribution in [0.2, 0.25) is 0 Å². The first kappa shape index (κ1) is 17.5. The number of carbonyl (C=O) groups is 1. The van der Waals surface area contributed by atoms with Crippen molar-refractivity contribution >= 4 is 17.3 Å². The Hall–Kier alpha value is -3.31. The van der Waals surface area contributed by atoms with Gasteiger partial charge in [-0.25, -0.2) is 0 Å². The van der Waals surface area contributed by atoms with Crippen molar-refractivity contribution in [1.82, 2.24) is 9.78 Å². The van der Waals surface area contributed by atoms with Crippen molar-refractivity contribution in [2.75, 3.05) is 12.1 Å². The molecule has 1 N–H and O–H groups in total. The molecule has 0 radical (unpaired) electrons. The summed E-state index contributed by atoms with van der Waals surface area (Å²) < 4.78 is 49.6. The first-order valence-electron chi connectivity index (χ1n) is 7.15. The molecule has 3 rings (SSSR count). The summed E-state index contributed by atoms with van der Waals surface area (Å²) in [5, 5.41) is 16.6. The van der Waals surface area contributed by atoms with E-state index in [4.69, 9.17) is 9.47 Å². The van der Waals surface area contributed by atoms with Crippen LogP contribution in [0.4, 0.5) is 24.5 Å². The smallest absolute Gasteiger partial charge is 0.442 e. The highest BCUT2D eigenvalue weighted by molar-refractivity contribution is 5.91. The molecule has 0 saturated carbocycles. The van der Waals surface area contributed by atoms with Gasteiger partial charge in [0.2, 0.25) is 18.4 Å². The van der Waals surface area contributed by atoms with Crippen molar-refractivity contribution in [3.05, 3.63) is 39.7 Å². The van der Waals surface area contributed by atoms with Crippen molar-refractivity contribution in [2.45, 2.75) is 19.6 Å². The minimum atomic E-state index is -5.01. The molecule has 0 aliphatic carbocycles. The van der Waals surface area contributed by atoms with E-state index < -0.39 is 34.9 Å². The van der Waals surface area contributed by atoms with Gasteiger partial charge < -0.3 is 14.8 Å². The highest BCUT2D eigenvalue weighted by atomic mass is 19.4. The van der Waals surface area contributed by atoms with Crippen LogP contribution < -0.4 is 14.8 Å². The molecule has 138 valence electrons. The zero-order valence-corrected chi connectivity index (χ0v) is 13.2. The van der Waals surface area contributed by atoms with E-state index in [0.717, 1.165) is 6.92 Å². The maximum absolute atomic E-state index is 12.9. The van der Waals surface area contributed by atoms with Gasteiger partial charge >= 0.3 is 11.9 Å². The zero-order valence-electron chi connectivity index (χ0n) is 13.2. The van der Waals surface area contributed by atoms with Gasteiger partial charge in [-0.05, 0) is 19.1 Å². The summed E-state index contributed by atoms with van der Waals surface area (Å²) in [5.74, 6) is 0.197. The molecule has 0 saturated heterocycles. The van der Waals surface area contributed by atoms with Crippen molar-refractivity contribution in [3.63, 3.8) is 0 Å². The number of alkyl halides is 3. The lowest BCUT2D eigenvalue weighted by atomic mass is 10.2. The Labute approximate surface area is 143 Å². The van der Waals surface area contributed by atoms with Crippen LogP contribution in [0.5, 0.6) is 11.5 Å². The average molecular weight is 372 g/mol. The third-order valence-electron chi connectivity index (χ3n) is 3.58. The SMILES string of the molecule is Cc1c([N+](=O)[O-])c(C(F)(F)F)nn1CC(=O)Nc1ccc2c(c1)OCO2. The molecular weight excluding hydrogens is 361 g/mol. The fraction of sp³-hybridized carbons (Fsp3) is 0.286. The van der Waals surface area contributed by atoms with E-state index >= 15 is 0 Å². The van der Waals surface area contributed by atoms with Gasteiger partial charge in [-0.2, -0.15) is 18.3 Å². The molecule has 1 amide bonds. The number of nitrogens with one attached hydrogen (secondary N) is 1. The number of nitro groups is 1. The van der Waals surface area contributed by atoms with Crippen molar-refractivity contribution in [3.8, 4) is 11.5 Å². The zero-order chi connectivity index (χ0) is 19.1. The molecule has 0 unspecified atom stereocenters. The summed E-state index contributed by atoms with van der Waals surface area (Å²) >= 11 is 0. The van der Waals surface area contributed by atoms with Crippen LogP contribution in [0.15, 0.2) is 18.2 Å². The number of rotatable bonds is 4. The highest BCUT2D eigenvalue weighted by Gasteiger charge is 2.44. The summed E-state index contributed by atoms with van der Waals surface area (Å²) in [5.41, 5.74) is -2.86. The molecule has 9 nitrogen and oxygen atoms in total. The third-order valence-corrected chi connectivity index (χ3v) is 3.58. The lowest BCUT2D eigenvalue weighted by molar-refractivity contribution is -0.388. The Morgan fingerprint density at radius 2 is 2.08 bits per heavy atom. The van der Waals surface area contributed by atoms with Crippen molar-refractivity contribution in [1.29, 1.82) is 0 Å². The van der Waals surface area contributed by atoms with Crippen LogP contribution in [0, 0.1) is 17.0 Å². The lowest BCUT2D eigenvalue weighted by Crippen LogP contribution is -2.20. The van der Waals surface area contributed by atoms with E-state index in [1.54, 1.807) is 6.07 Å². The number of carbonyl (C=O) groups excluding carboxylic acids is 1. The van der Waals surface area contributed by atoms with Gasteiger partial charge in [-0.1, -0.05) is 0 Å². The molecule has 1 aromatic heterocycles. The first-order chi connectivity index (χ1) is 12.2. The number of halogens is 3. The second-order valence-electron chi connectivity index (χ2n) is 5.31. The van der Waals surface area contributed by atoms with Gasteiger partial charge in [-0.15, -0.1) is 0 Å². The van der Waals surface area contributed by atoms with Gasteiger partial charge in [0.15, 0.2) is 11.5 Å². The third kappa shape index (κ3) is 3.25. The summed E-state index contributed by atoms with van der Waals surface area (Å²) in [6.07, 6.45) is -5.01. The number of hydrogen-bond acceptors (Lipinski definition) is 6. The minimum absolute atomic E-state index is 0.0447. The Balaban J connectivity index is 1.80. The molecule has 26 heavy (non-hydrogen) atoms. The van der Waals surface area contributed by atoms with E-state index in [0.29, 0.717) is 21.9 Å². The fourth-order valence-electron chi connectivity index (χ4n) is 2.41. The van der Waals surface area contributed by atoms with E-state index in [9.17, 15) is 28.1 Å². The normalized spacial score (nSPS) is 12.9. The predicted molar refractivity (Wildman–Crippen MR) is 79.8 cm³/mol. The van der Waals surface area contributed by atoms with Gasteiger partial charge in [-0.3, -0.25) is 19.6 Å². The van der Waals surface area contributed by atoms with Crippen LogP contribution >= 0.6 is 0 Å². The number of amides is 1. The second-order valence-corrected chi connectivity index (χ2v) is 5.31. The Bertz CT molecular complexity index is 893. The summed E-state index contributed by atoms with van der Waals surface area (Å²) in [4.78, 5) is 21.8. The van der Waals surface area contributed by atoms with Crippen molar-refractivity contribution in [2.24, 2.45) is 0 Å². The quantitative estimate of drug-likeness (QED) is 0.652. The van der Waals surface area contributed by atoms with E-state index in [2.05, 4.69) is 10.4 Å². The van der Waals surface area contributed by atoms with Crippen LogP contribution in [-0.4, -0.2) is 27.4 Å². The number of ether oxygens (including phenoxy) is 2. The molecule has 2 aromatic rings. The molecule has 0 bridgehead atoms. The van der Waals surface area contributed by atoms with Gasteiger partial charge in [0.1, 0.15) is 12.2 Å². The van der Waals surface area contributed by atoms with Crippen LogP contribution in [0.1, 0.15) is 11.4 Å². The van der Waals surface area contributed by atoms with Gasteiger partial charge in [0.25, 0.3) is 0 Å². The molecule has 0 spiro atoms. The van der Waals surface area contributed by atoms with E-state index in [1.165, 1.54) is 12.1 Å². The predicted octanol–water partition coefficient (Wildman–Crippen LogP) is 2.49. The molecule has 1 aromatic carbocycles. The standard InChI is InChI=1S/C14H11F3N4O5/c1-7-12(21(23)24)13(14(15,16)17)19-20(7)5-11(22)18-8-2-3-9-10(4-8)26-6-25-9/h2-4H,5-6H2,1H3,(H,18,22).